The highest BCUT2D eigenvalue weighted by molar-refractivity contribution is 7.99. The Balaban J connectivity index is 1.57. The van der Waals surface area contributed by atoms with E-state index in [0.717, 1.165) is 43.6 Å². The van der Waals surface area contributed by atoms with Crippen LogP contribution in [0.4, 0.5) is 0 Å². The Hall–Kier alpha value is -1.23. The van der Waals surface area contributed by atoms with Crippen molar-refractivity contribution >= 4 is 11.8 Å². The first-order valence-corrected chi connectivity index (χ1v) is 8.25. The van der Waals surface area contributed by atoms with Crippen LogP contribution in [0.2, 0.25) is 0 Å². The molecule has 112 valence electrons. The minimum atomic E-state index is 0.919. The van der Waals surface area contributed by atoms with Gasteiger partial charge in [-0.05, 0) is 38.2 Å². The van der Waals surface area contributed by atoms with Gasteiger partial charge in [0.25, 0.3) is 0 Å². The third kappa shape index (κ3) is 4.13. The topological polar surface area (TPSA) is 19.6 Å². The Labute approximate surface area is 130 Å². The van der Waals surface area contributed by atoms with E-state index >= 15 is 0 Å². The molecular weight excluding hydrogens is 280 g/mol. The molecule has 0 N–H and O–H groups in total. The molecule has 0 unspecified atom stereocenters. The molecule has 2 aromatic rings. The van der Waals surface area contributed by atoms with E-state index in [0.29, 0.717) is 0 Å². The van der Waals surface area contributed by atoms with Crippen molar-refractivity contribution in [3.05, 3.63) is 47.7 Å². The molecule has 1 aliphatic heterocycles. The van der Waals surface area contributed by atoms with E-state index < -0.39 is 0 Å². The molecule has 0 amide bonds. The number of piperazine rings is 1. The number of nitrogens with zero attached hydrogens (tertiary/aromatic N) is 2. The van der Waals surface area contributed by atoms with Crippen LogP contribution < -0.4 is 0 Å². The zero-order chi connectivity index (χ0) is 14.7. The molecule has 1 aromatic heterocycles. The van der Waals surface area contributed by atoms with Crippen molar-refractivity contribution in [2.75, 3.05) is 33.2 Å². The quantitative estimate of drug-likeness (QED) is 0.861. The summed E-state index contributed by atoms with van der Waals surface area (Å²) in [6.45, 7) is 7.56. The Bertz CT molecular complexity index is 571. The van der Waals surface area contributed by atoms with Crippen molar-refractivity contribution in [3.8, 4) is 0 Å². The van der Waals surface area contributed by atoms with Crippen molar-refractivity contribution < 1.29 is 4.42 Å². The molecule has 3 rings (SSSR count). The largest absolute Gasteiger partial charge is 0.453 e. The first kappa shape index (κ1) is 14.7. The number of likely N-dealkylation sites (N-methyl/N-ethyl adjacent to an activating group) is 1. The summed E-state index contributed by atoms with van der Waals surface area (Å²) in [6, 6.07) is 12.7. The Morgan fingerprint density at radius 1 is 1.00 bits per heavy atom. The lowest BCUT2D eigenvalue weighted by atomic mass is 10.2. The van der Waals surface area contributed by atoms with E-state index in [-0.39, 0.29) is 0 Å². The SMILES string of the molecule is Cc1ccc(Sc2ccc(CN3CCN(C)CC3)o2)cc1. The summed E-state index contributed by atoms with van der Waals surface area (Å²) in [4.78, 5) is 6.05. The predicted octanol–water partition coefficient (Wildman–Crippen LogP) is 3.49. The van der Waals surface area contributed by atoms with Crippen molar-refractivity contribution in [2.45, 2.75) is 23.5 Å². The number of rotatable bonds is 4. The Kier molecular flexibility index (Phi) is 4.68. The Morgan fingerprint density at radius 3 is 2.43 bits per heavy atom. The van der Waals surface area contributed by atoms with Crippen LogP contribution in [0, 0.1) is 6.92 Å². The molecule has 4 heteroatoms. The minimum absolute atomic E-state index is 0.919. The van der Waals surface area contributed by atoms with Gasteiger partial charge < -0.3 is 9.32 Å². The molecule has 0 atom stereocenters. The zero-order valence-electron chi connectivity index (χ0n) is 12.7. The Morgan fingerprint density at radius 2 is 1.71 bits per heavy atom. The lowest BCUT2D eigenvalue weighted by Gasteiger charge is -2.31. The summed E-state index contributed by atoms with van der Waals surface area (Å²) < 4.78 is 5.96. The van der Waals surface area contributed by atoms with Gasteiger partial charge in [-0.3, -0.25) is 4.90 Å². The molecule has 1 fully saturated rings. The van der Waals surface area contributed by atoms with Crippen LogP contribution in [0.15, 0.2) is 50.8 Å². The fraction of sp³-hybridized carbons (Fsp3) is 0.412. The van der Waals surface area contributed by atoms with Gasteiger partial charge in [0.1, 0.15) is 5.76 Å². The van der Waals surface area contributed by atoms with Crippen LogP contribution in [0.5, 0.6) is 0 Å². The third-order valence-corrected chi connectivity index (χ3v) is 4.78. The van der Waals surface area contributed by atoms with Gasteiger partial charge in [-0.15, -0.1) is 0 Å². The smallest absolute Gasteiger partial charge is 0.165 e. The number of furan rings is 1. The van der Waals surface area contributed by atoms with E-state index in [4.69, 9.17) is 4.42 Å². The van der Waals surface area contributed by atoms with Crippen LogP contribution in [0.3, 0.4) is 0 Å². The third-order valence-electron chi connectivity index (χ3n) is 3.85. The van der Waals surface area contributed by atoms with Crippen LogP contribution in [-0.2, 0) is 6.54 Å². The van der Waals surface area contributed by atoms with Gasteiger partial charge in [-0.1, -0.05) is 29.5 Å². The highest BCUT2D eigenvalue weighted by Gasteiger charge is 2.15. The molecule has 21 heavy (non-hydrogen) atoms. The normalized spacial score (nSPS) is 17.2. The van der Waals surface area contributed by atoms with E-state index in [2.05, 4.69) is 60.2 Å². The molecule has 0 saturated carbocycles. The second-order valence-electron chi connectivity index (χ2n) is 5.72. The lowest BCUT2D eigenvalue weighted by molar-refractivity contribution is 0.138. The maximum atomic E-state index is 5.96. The number of hydrogen-bond donors (Lipinski definition) is 0. The fourth-order valence-corrected chi connectivity index (χ4v) is 3.24. The van der Waals surface area contributed by atoms with Crippen molar-refractivity contribution in [2.24, 2.45) is 0 Å². The molecule has 0 radical (unpaired) electrons. The molecule has 1 aromatic carbocycles. The maximum Gasteiger partial charge on any atom is 0.165 e. The first-order valence-electron chi connectivity index (χ1n) is 7.43. The van der Waals surface area contributed by atoms with Gasteiger partial charge in [-0.25, -0.2) is 0 Å². The van der Waals surface area contributed by atoms with Gasteiger partial charge in [0.15, 0.2) is 5.09 Å². The molecular formula is C17H22N2OS. The average Bonchev–Trinajstić information content (AvgIpc) is 2.91. The monoisotopic (exact) mass is 302 g/mol. The maximum absolute atomic E-state index is 5.96. The van der Waals surface area contributed by atoms with Crippen LogP contribution in [-0.4, -0.2) is 43.0 Å². The molecule has 1 aliphatic rings. The molecule has 0 bridgehead atoms. The van der Waals surface area contributed by atoms with Crippen LogP contribution in [0.1, 0.15) is 11.3 Å². The van der Waals surface area contributed by atoms with Gasteiger partial charge >= 0.3 is 0 Å². The summed E-state index contributed by atoms with van der Waals surface area (Å²) in [5.41, 5.74) is 1.29. The van der Waals surface area contributed by atoms with Crippen molar-refractivity contribution in [1.82, 2.24) is 9.80 Å². The second kappa shape index (κ2) is 6.69. The molecule has 3 nitrogen and oxygen atoms in total. The van der Waals surface area contributed by atoms with E-state index in [1.54, 1.807) is 11.8 Å². The average molecular weight is 302 g/mol. The number of hydrogen-bond acceptors (Lipinski definition) is 4. The van der Waals surface area contributed by atoms with Crippen molar-refractivity contribution in [1.29, 1.82) is 0 Å². The summed E-state index contributed by atoms with van der Waals surface area (Å²) in [5.74, 6) is 1.06. The summed E-state index contributed by atoms with van der Waals surface area (Å²) in [7, 11) is 2.18. The standard InChI is InChI=1S/C17H22N2OS/c1-14-3-6-16(7-4-14)21-17-8-5-15(20-17)13-19-11-9-18(2)10-12-19/h3-8H,9-13H2,1-2H3. The predicted molar refractivity (Wildman–Crippen MR) is 86.8 cm³/mol. The molecule has 1 saturated heterocycles. The number of aryl methyl sites for hydroxylation is 1. The lowest BCUT2D eigenvalue weighted by Crippen LogP contribution is -2.43. The van der Waals surface area contributed by atoms with Crippen molar-refractivity contribution in [3.63, 3.8) is 0 Å². The first-order chi connectivity index (χ1) is 10.2. The summed E-state index contributed by atoms with van der Waals surface area (Å²) >= 11 is 1.69. The van der Waals surface area contributed by atoms with E-state index in [1.165, 1.54) is 10.5 Å². The summed E-state index contributed by atoms with van der Waals surface area (Å²) in [6.07, 6.45) is 0. The highest BCUT2D eigenvalue weighted by Crippen LogP contribution is 2.29. The highest BCUT2D eigenvalue weighted by atomic mass is 32.2. The van der Waals surface area contributed by atoms with Gasteiger partial charge in [0, 0.05) is 31.1 Å². The number of benzene rings is 1. The van der Waals surface area contributed by atoms with Gasteiger partial charge in [-0.2, -0.15) is 0 Å². The van der Waals surface area contributed by atoms with Crippen LogP contribution >= 0.6 is 11.8 Å². The zero-order valence-corrected chi connectivity index (χ0v) is 13.5. The summed E-state index contributed by atoms with van der Waals surface area (Å²) in [5, 5.41) is 0.975. The van der Waals surface area contributed by atoms with E-state index in [1.807, 2.05) is 0 Å². The molecule has 2 heterocycles. The van der Waals surface area contributed by atoms with E-state index in [9.17, 15) is 0 Å². The molecule has 0 aliphatic carbocycles. The second-order valence-corrected chi connectivity index (χ2v) is 6.79. The van der Waals surface area contributed by atoms with Gasteiger partial charge in [0.05, 0.1) is 6.54 Å². The minimum Gasteiger partial charge on any atom is -0.453 e. The molecule has 0 spiro atoms. The fourth-order valence-electron chi connectivity index (χ4n) is 2.45. The van der Waals surface area contributed by atoms with Gasteiger partial charge in [0.2, 0.25) is 0 Å². The van der Waals surface area contributed by atoms with Crippen LogP contribution in [0.25, 0.3) is 0 Å².